The summed E-state index contributed by atoms with van der Waals surface area (Å²) in [7, 11) is 1.68. The first-order valence-electron chi connectivity index (χ1n) is 12.6. The summed E-state index contributed by atoms with van der Waals surface area (Å²) in [6, 6.07) is 11.5. The van der Waals surface area contributed by atoms with Crippen LogP contribution in [0.25, 0.3) is 22.0 Å². The summed E-state index contributed by atoms with van der Waals surface area (Å²) >= 11 is 0. The molecule has 0 fully saturated rings. The first kappa shape index (κ1) is 26.2. The van der Waals surface area contributed by atoms with Gasteiger partial charge in [0.15, 0.2) is 0 Å². The topological polar surface area (TPSA) is 96.3 Å². The molecule has 0 radical (unpaired) electrons. The Hall–Kier alpha value is -3.84. The number of H-pyrrole nitrogens is 1. The van der Waals surface area contributed by atoms with Gasteiger partial charge >= 0.3 is 0 Å². The van der Waals surface area contributed by atoms with Gasteiger partial charge in [-0.25, -0.2) is 0 Å². The lowest BCUT2D eigenvalue weighted by Gasteiger charge is -2.22. The summed E-state index contributed by atoms with van der Waals surface area (Å²) in [4.78, 5) is 28.6. The van der Waals surface area contributed by atoms with Gasteiger partial charge in [-0.15, -0.1) is 0 Å². The number of ether oxygens (including phenoxy) is 1. The normalized spacial score (nSPS) is 11.7. The van der Waals surface area contributed by atoms with Crippen LogP contribution in [0.5, 0.6) is 11.5 Å². The number of amides is 1. The van der Waals surface area contributed by atoms with Gasteiger partial charge < -0.3 is 24.7 Å². The Morgan fingerprint density at radius 2 is 1.76 bits per heavy atom. The van der Waals surface area contributed by atoms with E-state index in [9.17, 15) is 14.7 Å². The number of aromatic amines is 1. The fourth-order valence-corrected chi connectivity index (χ4v) is 4.65. The second-order valence-electron chi connectivity index (χ2n) is 10.1. The monoisotopic (exact) mass is 501 g/mol. The summed E-state index contributed by atoms with van der Waals surface area (Å²) in [5, 5.41) is 14.2. The number of nitrogens with one attached hydrogen (secondary N) is 2. The Morgan fingerprint density at radius 1 is 1.08 bits per heavy atom. The van der Waals surface area contributed by atoms with Gasteiger partial charge in [-0.05, 0) is 81.5 Å². The first-order valence-corrected chi connectivity index (χ1v) is 12.6. The van der Waals surface area contributed by atoms with Crippen LogP contribution >= 0.6 is 0 Å². The average molecular weight is 502 g/mol. The second kappa shape index (κ2) is 9.90. The minimum Gasteiger partial charge on any atom is -0.456 e. The van der Waals surface area contributed by atoms with Gasteiger partial charge in [0.1, 0.15) is 22.7 Å². The van der Waals surface area contributed by atoms with Crippen molar-refractivity contribution in [3.05, 3.63) is 80.9 Å². The van der Waals surface area contributed by atoms with E-state index in [-0.39, 0.29) is 11.5 Å². The average Bonchev–Trinajstić information content (AvgIpc) is 3.29. The molecule has 7 heteroatoms. The minimum atomic E-state index is -1.09. The van der Waals surface area contributed by atoms with Crippen molar-refractivity contribution < 1.29 is 14.6 Å². The quantitative estimate of drug-likeness (QED) is 0.312. The molecule has 2 aromatic carbocycles. The van der Waals surface area contributed by atoms with Crippen molar-refractivity contribution >= 4 is 16.8 Å². The fraction of sp³-hybridized carbons (Fsp3) is 0.333. The molecule has 0 bridgehead atoms. The molecule has 0 spiro atoms. The van der Waals surface area contributed by atoms with E-state index in [0.717, 1.165) is 23.3 Å². The van der Waals surface area contributed by atoms with Crippen molar-refractivity contribution in [2.24, 2.45) is 7.05 Å². The molecule has 0 aliphatic rings. The van der Waals surface area contributed by atoms with Crippen molar-refractivity contribution in [3.8, 4) is 22.6 Å². The van der Waals surface area contributed by atoms with Gasteiger partial charge in [0.2, 0.25) is 0 Å². The number of aromatic nitrogens is 2. The maximum atomic E-state index is 13.0. The molecule has 37 heavy (non-hydrogen) atoms. The zero-order valence-electron chi connectivity index (χ0n) is 22.6. The van der Waals surface area contributed by atoms with Crippen molar-refractivity contribution in [1.29, 1.82) is 0 Å². The predicted molar refractivity (Wildman–Crippen MR) is 148 cm³/mol. The van der Waals surface area contributed by atoms with Gasteiger partial charge in [-0.2, -0.15) is 0 Å². The number of hydrogen-bond acceptors (Lipinski definition) is 4. The molecule has 4 aromatic rings. The molecule has 0 atom stereocenters. The standard InChI is InChI=1S/C30H35N3O4/c1-8-19-12-17(3)27(18(4)13-19)37-25-11-10-20(30(5,6)36)14-21(25)23-16-33(7)29(35)26-22(23)15-24(32-26)28(34)31-9-2/h10-16,32,36H,8-9H2,1-7H3,(H,31,34). The van der Waals surface area contributed by atoms with Gasteiger partial charge in [-0.1, -0.05) is 25.1 Å². The Labute approximate surface area is 217 Å². The zero-order valence-corrected chi connectivity index (χ0v) is 22.6. The molecule has 0 unspecified atom stereocenters. The van der Waals surface area contributed by atoms with Crippen LogP contribution in [0.2, 0.25) is 0 Å². The highest BCUT2D eigenvalue weighted by Gasteiger charge is 2.23. The number of pyridine rings is 1. The maximum absolute atomic E-state index is 13.0. The van der Waals surface area contributed by atoms with Crippen LogP contribution in [0, 0.1) is 13.8 Å². The van der Waals surface area contributed by atoms with E-state index in [1.165, 1.54) is 10.1 Å². The Bertz CT molecular complexity index is 1530. The number of carbonyl (C=O) groups is 1. The molecular weight excluding hydrogens is 466 g/mol. The molecule has 0 saturated carbocycles. The zero-order chi connectivity index (χ0) is 27.1. The summed E-state index contributed by atoms with van der Waals surface area (Å²) < 4.78 is 8.03. The number of carbonyl (C=O) groups excluding carboxylic acids is 1. The van der Waals surface area contributed by atoms with Crippen molar-refractivity contribution in [2.75, 3.05) is 6.54 Å². The highest BCUT2D eigenvalue weighted by molar-refractivity contribution is 6.03. The number of aliphatic hydroxyl groups is 1. The van der Waals surface area contributed by atoms with Crippen LogP contribution in [0.15, 0.2) is 47.4 Å². The van der Waals surface area contributed by atoms with E-state index in [2.05, 4.69) is 29.4 Å². The van der Waals surface area contributed by atoms with Crippen LogP contribution in [0.3, 0.4) is 0 Å². The molecule has 0 saturated heterocycles. The largest absolute Gasteiger partial charge is 0.456 e. The fourth-order valence-electron chi connectivity index (χ4n) is 4.65. The van der Waals surface area contributed by atoms with Crippen LogP contribution in [0.4, 0.5) is 0 Å². The summed E-state index contributed by atoms with van der Waals surface area (Å²) in [6.45, 7) is 11.9. The molecule has 3 N–H and O–H groups in total. The summed E-state index contributed by atoms with van der Waals surface area (Å²) in [6.07, 6.45) is 2.68. The van der Waals surface area contributed by atoms with Gasteiger partial charge in [-0.3, -0.25) is 9.59 Å². The smallest absolute Gasteiger partial charge is 0.274 e. The summed E-state index contributed by atoms with van der Waals surface area (Å²) in [5.41, 5.74) is 4.73. The lowest BCUT2D eigenvalue weighted by Crippen LogP contribution is -2.23. The number of benzene rings is 2. The Kier molecular flexibility index (Phi) is 7.02. The second-order valence-corrected chi connectivity index (χ2v) is 10.1. The molecule has 194 valence electrons. The van der Waals surface area contributed by atoms with E-state index < -0.39 is 5.60 Å². The van der Waals surface area contributed by atoms with Gasteiger partial charge in [0.05, 0.1) is 5.60 Å². The lowest BCUT2D eigenvalue weighted by molar-refractivity contribution is 0.0786. The van der Waals surface area contributed by atoms with E-state index in [4.69, 9.17) is 4.74 Å². The predicted octanol–water partition coefficient (Wildman–Crippen LogP) is 5.48. The van der Waals surface area contributed by atoms with Crippen LogP contribution < -0.4 is 15.6 Å². The highest BCUT2D eigenvalue weighted by atomic mass is 16.5. The van der Waals surface area contributed by atoms with Crippen molar-refractivity contribution in [2.45, 2.75) is 53.6 Å². The van der Waals surface area contributed by atoms with E-state index in [0.29, 0.717) is 45.6 Å². The maximum Gasteiger partial charge on any atom is 0.274 e. The minimum absolute atomic E-state index is 0.239. The SMILES string of the molecule is CCNC(=O)c1cc2c(-c3cc(C(C)(C)O)ccc3Oc3c(C)cc(CC)cc3C)cn(C)c(=O)c2[nH]1. The number of hydrogen-bond donors (Lipinski definition) is 3. The van der Waals surface area contributed by atoms with Crippen LogP contribution in [-0.2, 0) is 19.1 Å². The molecule has 2 aromatic heterocycles. The summed E-state index contributed by atoms with van der Waals surface area (Å²) in [5.74, 6) is 1.08. The van der Waals surface area contributed by atoms with Crippen LogP contribution in [-0.4, -0.2) is 27.1 Å². The first-order chi connectivity index (χ1) is 17.4. The van der Waals surface area contributed by atoms with Gasteiger partial charge in [0, 0.05) is 36.3 Å². The number of rotatable bonds is 7. The molecule has 7 nitrogen and oxygen atoms in total. The molecule has 0 aliphatic heterocycles. The number of fused-ring (bicyclic) bond motifs is 1. The molecule has 1 amide bonds. The molecular formula is C30H35N3O4. The Balaban J connectivity index is 1.98. The number of aryl methyl sites for hydroxylation is 4. The van der Waals surface area contributed by atoms with Gasteiger partial charge in [0.25, 0.3) is 11.5 Å². The third-order valence-corrected chi connectivity index (χ3v) is 6.66. The third kappa shape index (κ3) is 5.04. The molecule has 2 heterocycles. The Morgan fingerprint density at radius 3 is 2.35 bits per heavy atom. The third-order valence-electron chi connectivity index (χ3n) is 6.66. The van der Waals surface area contributed by atoms with Crippen molar-refractivity contribution in [1.82, 2.24) is 14.9 Å². The van der Waals surface area contributed by atoms with E-state index in [1.54, 1.807) is 33.2 Å². The highest BCUT2D eigenvalue weighted by Crippen LogP contribution is 2.41. The number of nitrogens with zero attached hydrogens (tertiary/aromatic N) is 1. The molecule has 4 rings (SSSR count). The van der Waals surface area contributed by atoms with Crippen molar-refractivity contribution in [3.63, 3.8) is 0 Å². The molecule has 0 aliphatic carbocycles. The van der Waals surface area contributed by atoms with Crippen LogP contribution in [0.1, 0.15) is 60.4 Å². The van der Waals surface area contributed by atoms with E-state index >= 15 is 0 Å². The van der Waals surface area contributed by atoms with E-state index in [1.807, 2.05) is 39.0 Å². The lowest BCUT2D eigenvalue weighted by atomic mass is 9.93.